The highest BCUT2D eigenvalue weighted by atomic mass is 79.9. The highest BCUT2D eigenvalue weighted by Gasteiger charge is 2.48. The van der Waals surface area contributed by atoms with Crippen LogP contribution in [-0.2, 0) is 29.7 Å². The van der Waals surface area contributed by atoms with E-state index in [1.165, 1.54) is 13.2 Å². The van der Waals surface area contributed by atoms with Crippen molar-refractivity contribution in [1.29, 1.82) is 0 Å². The predicted octanol–water partition coefficient (Wildman–Crippen LogP) is 12.2. The van der Waals surface area contributed by atoms with Crippen LogP contribution in [-0.4, -0.2) is 54.1 Å². The van der Waals surface area contributed by atoms with Gasteiger partial charge in [0.15, 0.2) is 28.2 Å². The molecule has 6 nitrogen and oxygen atoms in total. The number of unbranched alkanes of at least 4 members (excludes halogenated alkanes) is 1. The number of allylic oxidation sites excluding steroid dienone is 2. The molecule has 0 amide bonds. The van der Waals surface area contributed by atoms with Crippen molar-refractivity contribution in [2.45, 2.75) is 141 Å². The van der Waals surface area contributed by atoms with Crippen LogP contribution in [0.2, 0.25) is 36.3 Å². The lowest BCUT2D eigenvalue weighted by Crippen LogP contribution is -2.50. The molecule has 0 heterocycles. The zero-order valence-corrected chi connectivity index (χ0v) is 38.0. The first kappa shape index (κ1) is 45.3. The maximum atomic E-state index is 14.8. The summed E-state index contributed by atoms with van der Waals surface area (Å²) in [6, 6.07) is 14.7. The molecule has 1 aliphatic carbocycles. The van der Waals surface area contributed by atoms with Crippen LogP contribution < -0.4 is 4.74 Å². The number of hydrogen-bond acceptors (Lipinski definition) is 6. The standard InChI is InChI=1S/C43H66BrFO6Si2/c1-41(2,3)52(9,10)50-39-29-38(48-30-32-21-17-18-23-35(32)44)34(33(39)22-15-13-14-16-26-40(46)47-8)27-28-43(7,51-53(11,12)42(4,5)6)31-49-37-25-20-19-24-36(37)45/h13,15,17-21,23-25,27-28,33-34,38-39H,14,16,22,26,29-31H2,1-12H3/t33-,34-,38-,39+,43?/m1/s1. The summed E-state index contributed by atoms with van der Waals surface area (Å²) in [6.45, 7) is 25.3. The van der Waals surface area contributed by atoms with Gasteiger partial charge in [0.25, 0.3) is 0 Å². The van der Waals surface area contributed by atoms with Gasteiger partial charge in [-0.15, -0.1) is 0 Å². The molecule has 53 heavy (non-hydrogen) atoms. The summed E-state index contributed by atoms with van der Waals surface area (Å²) >= 11 is 3.71. The van der Waals surface area contributed by atoms with Crippen LogP contribution in [0.4, 0.5) is 4.39 Å². The molecule has 0 saturated heterocycles. The van der Waals surface area contributed by atoms with Crippen LogP contribution in [0, 0.1) is 17.7 Å². The van der Waals surface area contributed by atoms with E-state index in [2.05, 4.69) is 121 Å². The summed E-state index contributed by atoms with van der Waals surface area (Å²) in [4.78, 5) is 11.7. The van der Waals surface area contributed by atoms with E-state index < -0.39 is 28.1 Å². The van der Waals surface area contributed by atoms with Crippen molar-refractivity contribution >= 4 is 38.5 Å². The number of benzene rings is 2. The lowest BCUT2D eigenvalue weighted by atomic mass is 9.88. The SMILES string of the molecule is COC(=O)CCCC=CC[C@@H]1[C@@H](C=CC(C)(COc2ccccc2F)O[Si](C)(C)C(C)(C)C)[C@H](OCc2ccccc2Br)C[C@@H]1O[Si](C)(C)C(C)(C)C. The molecule has 1 fully saturated rings. The van der Waals surface area contributed by atoms with Gasteiger partial charge in [-0.3, -0.25) is 4.79 Å². The van der Waals surface area contributed by atoms with E-state index in [0.29, 0.717) is 13.0 Å². The summed E-state index contributed by atoms with van der Waals surface area (Å²) in [6.07, 6.45) is 12.2. The number of esters is 1. The van der Waals surface area contributed by atoms with E-state index in [1.54, 1.807) is 18.2 Å². The predicted molar refractivity (Wildman–Crippen MR) is 224 cm³/mol. The average molecular weight is 834 g/mol. The normalized spacial score (nSPS) is 21.3. The Morgan fingerprint density at radius 1 is 0.906 bits per heavy atom. The van der Waals surface area contributed by atoms with E-state index in [0.717, 1.165) is 35.7 Å². The second-order valence-electron chi connectivity index (χ2n) is 17.8. The Labute approximate surface area is 330 Å². The topological polar surface area (TPSA) is 63.2 Å². The fraction of sp³-hybridized carbons (Fsp3) is 0.605. The first-order valence-electron chi connectivity index (χ1n) is 19.1. The molecular weight excluding hydrogens is 768 g/mol. The zero-order valence-electron chi connectivity index (χ0n) is 34.4. The van der Waals surface area contributed by atoms with Crippen LogP contribution in [0.15, 0.2) is 77.3 Å². The molecule has 296 valence electrons. The van der Waals surface area contributed by atoms with Crippen LogP contribution in [0.5, 0.6) is 5.75 Å². The molecular formula is C43H66BrFO6Si2. The summed E-state index contributed by atoms with van der Waals surface area (Å²) < 4.78 is 48.0. The van der Waals surface area contributed by atoms with Gasteiger partial charge in [-0.05, 0) is 98.6 Å². The summed E-state index contributed by atoms with van der Waals surface area (Å²) in [5.74, 6) is -0.242. The van der Waals surface area contributed by atoms with Gasteiger partial charge in [0.1, 0.15) is 12.2 Å². The van der Waals surface area contributed by atoms with Gasteiger partial charge in [-0.25, -0.2) is 4.39 Å². The summed E-state index contributed by atoms with van der Waals surface area (Å²) in [7, 11) is -3.02. The Hall–Kier alpha value is -2.09. The van der Waals surface area contributed by atoms with Crippen molar-refractivity contribution in [2.24, 2.45) is 11.8 Å². The van der Waals surface area contributed by atoms with Crippen molar-refractivity contribution in [2.75, 3.05) is 13.7 Å². The van der Waals surface area contributed by atoms with E-state index in [9.17, 15) is 9.18 Å². The van der Waals surface area contributed by atoms with Gasteiger partial charge >= 0.3 is 5.97 Å². The number of para-hydroxylation sites is 1. The average Bonchev–Trinajstić information content (AvgIpc) is 3.38. The molecule has 10 heteroatoms. The zero-order chi connectivity index (χ0) is 39.7. The molecule has 0 radical (unpaired) electrons. The first-order chi connectivity index (χ1) is 24.6. The highest BCUT2D eigenvalue weighted by Crippen LogP contribution is 2.46. The number of carbonyl (C=O) groups is 1. The minimum atomic E-state index is -2.30. The lowest BCUT2D eigenvalue weighted by Gasteiger charge is -2.43. The van der Waals surface area contributed by atoms with Crippen molar-refractivity contribution in [1.82, 2.24) is 0 Å². The van der Waals surface area contributed by atoms with Crippen molar-refractivity contribution < 1.29 is 32.2 Å². The van der Waals surface area contributed by atoms with E-state index >= 15 is 0 Å². The minimum Gasteiger partial charge on any atom is -0.487 e. The highest BCUT2D eigenvalue weighted by molar-refractivity contribution is 9.10. The fourth-order valence-corrected chi connectivity index (χ4v) is 9.50. The van der Waals surface area contributed by atoms with Gasteiger partial charge in [0.2, 0.25) is 0 Å². The molecule has 2 aromatic carbocycles. The molecule has 1 unspecified atom stereocenters. The Balaban J connectivity index is 2.06. The van der Waals surface area contributed by atoms with Gasteiger partial charge in [0.05, 0.1) is 25.9 Å². The van der Waals surface area contributed by atoms with Gasteiger partial charge < -0.3 is 23.1 Å². The van der Waals surface area contributed by atoms with Crippen LogP contribution in [0.25, 0.3) is 0 Å². The van der Waals surface area contributed by atoms with Crippen molar-refractivity contribution in [3.63, 3.8) is 0 Å². The second-order valence-corrected chi connectivity index (χ2v) is 28.1. The van der Waals surface area contributed by atoms with Crippen LogP contribution >= 0.6 is 15.9 Å². The molecule has 5 atom stereocenters. The lowest BCUT2D eigenvalue weighted by molar-refractivity contribution is -0.140. The van der Waals surface area contributed by atoms with Gasteiger partial charge in [-0.2, -0.15) is 0 Å². The molecule has 3 rings (SSSR count). The maximum absolute atomic E-state index is 14.8. The van der Waals surface area contributed by atoms with Crippen molar-refractivity contribution in [3.8, 4) is 5.75 Å². The number of ether oxygens (including phenoxy) is 3. The Bertz CT molecular complexity index is 1530. The molecule has 1 saturated carbocycles. The summed E-state index contributed by atoms with van der Waals surface area (Å²) in [5, 5.41) is -0.00837. The number of methoxy groups -OCH3 is 1. The quantitative estimate of drug-likeness (QED) is 0.0645. The third-order valence-corrected chi connectivity index (χ3v) is 21.3. The maximum Gasteiger partial charge on any atom is 0.305 e. The monoisotopic (exact) mass is 832 g/mol. The second kappa shape index (κ2) is 19.2. The minimum absolute atomic E-state index is 0.00257. The molecule has 2 aromatic rings. The molecule has 1 aliphatic rings. The van der Waals surface area contributed by atoms with Crippen molar-refractivity contribution in [3.05, 3.63) is 88.7 Å². The third kappa shape index (κ3) is 13.3. The van der Waals surface area contributed by atoms with Gasteiger partial charge in [0, 0.05) is 16.8 Å². The van der Waals surface area contributed by atoms with E-state index in [-0.39, 0.29) is 52.4 Å². The largest absolute Gasteiger partial charge is 0.487 e. The number of carbonyl (C=O) groups excluding carboxylic acids is 1. The Morgan fingerprint density at radius 2 is 1.55 bits per heavy atom. The van der Waals surface area contributed by atoms with E-state index in [1.807, 2.05) is 18.2 Å². The smallest absolute Gasteiger partial charge is 0.305 e. The number of halogens is 2. The molecule has 0 N–H and O–H groups in total. The Morgan fingerprint density at radius 3 is 2.17 bits per heavy atom. The van der Waals surface area contributed by atoms with E-state index in [4.69, 9.17) is 23.1 Å². The third-order valence-electron chi connectivity index (χ3n) is 11.4. The fourth-order valence-electron chi connectivity index (χ4n) is 6.12. The van der Waals surface area contributed by atoms with Crippen LogP contribution in [0.1, 0.15) is 86.1 Å². The number of rotatable bonds is 18. The molecule has 0 aromatic heterocycles. The van der Waals surface area contributed by atoms with Gasteiger partial charge in [-0.1, -0.05) is 112 Å². The molecule has 0 spiro atoms. The Kier molecular flexibility index (Phi) is 16.4. The number of hydrogen-bond donors (Lipinski definition) is 0. The first-order valence-corrected chi connectivity index (χ1v) is 25.7. The molecule has 0 bridgehead atoms. The molecule has 0 aliphatic heterocycles. The summed E-state index contributed by atoms with van der Waals surface area (Å²) in [5.41, 5.74) is 0.251. The van der Waals surface area contributed by atoms with Crippen LogP contribution in [0.3, 0.4) is 0 Å².